The van der Waals surface area contributed by atoms with Gasteiger partial charge in [-0.05, 0) is 26.0 Å². The SMILES string of the molecule is COc1cccc(C#N)c1NCC1CN(C(C)C)CCO1. The number of anilines is 1. The second kappa shape index (κ2) is 7.30. The Morgan fingerprint density at radius 1 is 1.52 bits per heavy atom. The zero-order chi connectivity index (χ0) is 15.2. The first-order valence-electron chi connectivity index (χ1n) is 7.32. The maximum atomic E-state index is 9.21. The quantitative estimate of drug-likeness (QED) is 0.899. The fourth-order valence-corrected chi connectivity index (χ4v) is 2.53. The van der Waals surface area contributed by atoms with Gasteiger partial charge in [-0.25, -0.2) is 0 Å². The van der Waals surface area contributed by atoms with Gasteiger partial charge in [0.15, 0.2) is 0 Å². The van der Waals surface area contributed by atoms with Crippen LogP contribution in [-0.2, 0) is 4.74 Å². The molecule has 1 N–H and O–H groups in total. The summed E-state index contributed by atoms with van der Waals surface area (Å²) >= 11 is 0. The van der Waals surface area contributed by atoms with E-state index in [-0.39, 0.29) is 6.10 Å². The molecule has 1 atom stereocenters. The first-order valence-corrected chi connectivity index (χ1v) is 7.32. The molecule has 1 aliphatic heterocycles. The van der Waals surface area contributed by atoms with Gasteiger partial charge in [-0.2, -0.15) is 5.26 Å². The summed E-state index contributed by atoms with van der Waals surface area (Å²) in [6.45, 7) is 7.70. The summed E-state index contributed by atoms with van der Waals surface area (Å²) in [4.78, 5) is 2.41. The Balaban J connectivity index is 2.01. The van der Waals surface area contributed by atoms with E-state index in [0.717, 1.165) is 25.4 Å². The number of nitrogens with one attached hydrogen (secondary N) is 1. The summed E-state index contributed by atoms with van der Waals surface area (Å²) in [6, 6.07) is 8.17. The van der Waals surface area contributed by atoms with Crippen LogP contribution in [0.25, 0.3) is 0 Å². The number of nitriles is 1. The molecule has 1 unspecified atom stereocenters. The maximum Gasteiger partial charge on any atom is 0.143 e. The highest BCUT2D eigenvalue weighted by molar-refractivity contribution is 5.66. The summed E-state index contributed by atoms with van der Waals surface area (Å²) in [6.07, 6.45) is 0.123. The molecule has 21 heavy (non-hydrogen) atoms. The Morgan fingerprint density at radius 2 is 2.33 bits per heavy atom. The number of hydrogen-bond donors (Lipinski definition) is 1. The fourth-order valence-electron chi connectivity index (χ4n) is 2.53. The van der Waals surface area contributed by atoms with Gasteiger partial charge < -0.3 is 14.8 Å². The number of benzene rings is 1. The van der Waals surface area contributed by atoms with Gasteiger partial charge in [0.05, 0.1) is 31.1 Å². The number of morpholine rings is 1. The second-order valence-corrected chi connectivity index (χ2v) is 5.46. The molecule has 0 aliphatic carbocycles. The van der Waals surface area contributed by atoms with E-state index in [9.17, 15) is 5.26 Å². The van der Waals surface area contributed by atoms with E-state index in [4.69, 9.17) is 9.47 Å². The second-order valence-electron chi connectivity index (χ2n) is 5.46. The zero-order valence-corrected chi connectivity index (χ0v) is 12.9. The molecule has 5 nitrogen and oxygen atoms in total. The molecular weight excluding hydrogens is 266 g/mol. The van der Waals surface area contributed by atoms with Crippen LogP contribution in [0.4, 0.5) is 5.69 Å². The molecule has 0 bridgehead atoms. The molecule has 1 saturated heterocycles. The van der Waals surface area contributed by atoms with Gasteiger partial charge in [-0.3, -0.25) is 4.90 Å². The minimum atomic E-state index is 0.123. The Hall–Kier alpha value is -1.77. The van der Waals surface area contributed by atoms with Crippen molar-refractivity contribution >= 4 is 5.69 Å². The summed E-state index contributed by atoms with van der Waals surface area (Å²) in [7, 11) is 1.61. The highest BCUT2D eigenvalue weighted by Crippen LogP contribution is 2.27. The Bertz CT molecular complexity index is 511. The first-order chi connectivity index (χ1) is 10.2. The van der Waals surface area contributed by atoms with Gasteiger partial charge >= 0.3 is 0 Å². The lowest BCUT2D eigenvalue weighted by Gasteiger charge is -2.35. The molecule has 1 aliphatic rings. The van der Waals surface area contributed by atoms with E-state index < -0.39 is 0 Å². The fraction of sp³-hybridized carbons (Fsp3) is 0.562. The van der Waals surface area contributed by atoms with Crippen LogP contribution in [0.2, 0.25) is 0 Å². The number of nitrogens with zero attached hydrogens (tertiary/aromatic N) is 2. The monoisotopic (exact) mass is 289 g/mol. The van der Waals surface area contributed by atoms with Gasteiger partial charge in [0.25, 0.3) is 0 Å². The van der Waals surface area contributed by atoms with Crippen molar-refractivity contribution in [1.29, 1.82) is 5.26 Å². The van der Waals surface area contributed by atoms with E-state index in [1.165, 1.54) is 0 Å². The normalized spacial score (nSPS) is 19.3. The average Bonchev–Trinajstić information content (AvgIpc) is 2.52. The largest absolute Gasteiger partial charge is 0.495 e. The molecule has 0 aromatic heterocycles. The average molecular weight is 289 g/mol. The number of ether oxygens (including phenoxy) is 2. The molecular formula is C16H23N3O2. The van der Waals surface area contributed by atoms with Crippen molar-refractivity contribution in [2.45, 2.75) is 26.0 Å². The number of hydrogen-bond acceptors (Lipinski definition) is 5. The number of methoxy groups -OCH3 is 1. The molecule has 1 aromatic carbocycles. The molecule has 1 aromatic rings. The summed E-state index contributed by atoms with van der Waals surface area (Å²) in [5.74, 6) is 0.686. The maximum absolute atomic E-state index is 9.21. The topological polar surface area (TPSA) is 57.5 Å². The first kappa shape index (κ1) is 15.6. The van der Waals surface area contributed by atoms with Crippen molar-refractivity contribution in [2.24, 2.45) is 0 Å². The molecule has 0 spiro atoms. The highest BCUT2D eigenvalue weighted by atomic mass is 16.5. The van der Waals surface area contributed by atoms with Crippen molar-refractivity contribution in [2.75, 3.05) is 38.7 Å². The van der Waals surface area contributed by atoms with Crippen molar-refractivity contribution in [1.82, 2.24) is 4.90 Å². The standard InChI is InChI=1S/C16H23N3O2/c1-12(2)19-7-8-21-14(11-19)10-18-16-13(9-17)5-4-6-15(16)20-3/h4-6,12,14,18H,7-8,10-11H2,1-3H3. The Labute approximate surface area is 126 Å². The predicted octanol–water partition coefficient (Wildman–Crippen LogP) is 2.09. The molecule has 1 fully saturated rings. The van der Waals surface area contributed by atoms with Gasteiger partial charge in [0.1, 0.15) is 11.8 Å². The van der Waals surface area contributed by atoms with Gasteiger partial charge in [-0.15, -0.1) is 0 Å². The van der Waals surface area contributed by atoms with E-state index in [0.29, 0.717) is 23.9 Å². The molecule has 0 saturated carbocycles. The molecule has 0 amide bonds. The lowest BCUT2D eigenvalue weighted by Crippen LogP contribution is -2.48. The third-order valence-corrected chi connectivity index (χ3v) is 3.77. The van der Waals surface area contributed by atoms with E-state index in [1.54, 1.807) is 13.2 Å². The summed E-state index contributed by atoms with van der Waals surface area (Å²) in [5, 5.41) is 12.5. The van der Waals surface area contributed by atoms with Crippen LogP contribution < -0.4 is 10.1 Å². The van der Waals surface area contributed by atoms with Crippen molar-refractivity contribution in [3.63, 3.8) is 0 Å². The molecule has 114 valence electrons. The van der Waals surface area contributed by atoms with Crippen LogP contribution in [0.1, 0.15) is 19.4 Å². The van der Waals surface area contributed by atoms with E-state index in [2.05, 4.69) is 30.1 Å². The van der Waals surface area contributed by atoms with E-state index in [1.807, 2.05) is 12.1 Å². The van der Waals surface area contributed by atoms with Crippen molar-refractivity contribution < 1.29 is 9.47 Å². The molecule has 0 radical (unpaired) electrons. The van der Waals surface area contributed by atoms with E-state index >= 15 is 0 Å². The lowest BCUT2D eigenvalue weighted by molar-refractivity contribution is -0.0315. The van der Waals surface area contributed by atoms with Crippen LogP contribution >= 0.6 is 0 Å². The number of para-hydroxylation sites is 1. The van der Waals surface area contributed by atoms with Crippen LogP contribution in [0.15, 0.2) is 18.2 Å². The van der Waals surface area contributed by atoms with Crippen molar-refractivity contribution in [3.05, 3.63) is 23.8 Å². The minimum Gasteiger partial charge on any atom is -0.495 e. The smallest absolute Gasteiger partial charge is 0.143 e. The molecule has 5 heteroatoms. The predicted molar refractivity (Wildman–Crippen MR) is 82.6 cm³/mol. The van der Waals surface area contributed by atoms with Crippen LogP contribution in [-0.4, -0.2) is 50.4 Å². The minimum absolute atomic E-state index is 0.123. The van der Waals surface area contributed by atoms with Gasteiger partial charge in [0, 0.05) is 25.7 Å². The highest BCUT2D eigenvalue weighted by Gasteiger charge is 2.22. The molecule has 1 heterocycles. The third kappa shape index (κ3) is 3.87. The van der Waals surface area contributed by atoms with Crippen LogP contribution in [0.3, 0.4) is 0 Å². The summed E-state index contributed by atoms with van der Waals surface area (Å²) < 4.78 is 11.1. The molecule has 2 rings (SSSR count). The van der Waals surface area contributed by atoms with Crippen LogP contribution in [0, 0.1) is 11.3 Å². The van der Waals surface area contributed by atoms with Crippen LogP contribution in [0.5, 0.6) is 5.75 Å². The summed E-state index contributed by atoms with van der Waals surface area (Å²) in [5.41, 5.74) is 1.33. The third-order valence-electron chi connectivity index (χ3n) is 3.77. The van der Waals surface area contributed by atoms with Gasteiger partial charge in [-0.1, -0.05) is 6.07 Å². The van der Waals surface area contributed by atoms with Gasteiger partial charge in [0.2, 0.25) is 0 Å². The Kier molecular flexibility index (Phi) is 5.43. The number of rotatable bonds is 5. The zero-order valence-electron chi connectivity index (χ0n) is 12.9. The van der Waals surface area contributed by atoms with Crippen molar-refractivity contribution in [3.8, 4) is 11.8 Å². The lowest BCUT2D eigenvalue weighted by atomic mass is 10.1. The Morgan fingerprint density at radius 3 is 3.00 bits per heavy atom.